The van der Waals surface area contributed by atoms with Crippen molar-refractivity contribution in [1.29, 1.82) is 0 Å². The fourth-order valence-corrected chi connectivity index (χ4v) is 2.65. The van der Waals surface area contributed by atoms with Crippen LogP contribution in [0.3, 0.4) is 0 Å². The van der Waals surface area contributed by atoms with Crippen molar-refractivity contribution in [3.63, 3.8) is 0 Å². The van der Waals surface area contributed by atoms with Gasteiger partial charge < -0.3 is 0 Å². The normalized spacial score (nSPS) is 12.6. The monoisotopic (exact) mass is 204 g/mol. The molecule has 0 heterocycles. The number of benzene rings is 1. The molecule has 0 saturated carbocycles. The molecule has 1 rings (SSSR count). The zero-order valence-corrected chi connectivity index (χ0v) is 7.76. The van der Waals surface area contributed by atoms with Gasteiger partial charge in [-0.1, -0.05) is 18.2 Å². The highest BCUT2D eigenvalue weighted by atomic mass is 32.8. The minimum Gasteiger partial charge on any atom is -0.188 e. The third kappa shape index (κ3) is 2.11. The summed E-state index contributed by atoms with van der Waals surface area (Å²) in [6.07, 6.45) is 0. The molecule has 2 N–H and O–H groups in total. The summed E-state index contributed by atoms with van der Waals surface area (Å²) >= 11 is 0. The molecule has 0 saturated heterocycles. The summed E-state index contributed by atoms with van der Waals surface area (Å²) in [5, 5.41) is 4.93. The van der Waals surface area contributed by atoms with E-state index in [0.717, 1.165) is 0 Å². The van der Waals surface area contributed by atoms with Gasteiger partial charge in [-0.3, -0.25) is 0 Å². The van der Waals surface area contributed by atoms with Crippen LogP contribution in [0, 0.1) is 0 Å². The topological polar surface area (TPSA) is 77.2 Å². The second kappa shape index (κ2) is 3.31. The minimum absolute atomic E-state index is 0.231. The lowest BCUT2D eigenvalue weighted by molar-refractivity contribution is 0.585. The first-order chi connectivity index (χ1) is 5.52. The maximum atomic E-state index is 11.1. The number of nitrogens with two attached hydrogens (primary N) is 1. The summed E-state index contributed by atoms with van der Waals surface area (Å²) in [5.41, 5.74) is 0. The average Bonchev–Trinajstić information content (AvgIpc) is 2.03. The van der Waals surface area contributed by atoms with Gasteiger partial charge in [-0.05, 0) is 16.7 Å². The predicted octanol–water partition coefficient (Wildman–Crippen LogP) is 0.343. The Labute approximate surface area is 71.0 Å². The Balaban J connectivity index is 3.11. The molecule has 1 aromatic carbocycles. The molecule has 0 spiro atoms. The maximum Gasteiger partial charge on any atom is 0.520 e. The van der Waals surface area contributed by atoms with E-state index in [0.29, 0.717) is 0 Å². The minimum atomic E-state index is -3.95. The van der Waals surface area contributed by atoms with Crippen LogP contribution in [-0.2, 0) is 14.2 Å². The molecule has 1 unspecified atom stereocenters. The largest absolute Gasteiger partial charge is 0.520 e. The van der Waals surface area contributed by atoms with E-state index in [1.165, 1.54) is 12.1 Å². The lowest BCUT2D eigenvalue weighted by Gasteiger charge is -1.83. The van der Waals surface area contributed by atoms with Gasteiger partial charge in [-0.25, -0.2) is 0 Å². The molecule has 0 aliphatic rings. The zero-order valence-electron chi connectivity index (χ0n) is 6.04. The molecule has 0 amide bonds. The summed E-state index contributed by atoms with van der Waals surface area (Å²) < 4.78 is 32.4. The highest BCUT2D eigenvalue weighted by Gasteiger charge is 2.33. The molecule has 0 aliphatic carbocycles. The van der Waals surface area contributed by atoms with Crippen molar-refractivity contribution < 1.29 is 13.0 Å². The summed E-state index contributed by atoms with van der Waals surface area (Å²) in [6, 6.07) is 7.84. The van der Waals surface area contributed by atoms with Crippen molar-refractivity contribution in [2.75, 3.05) is 0 Å². The second-order valence-electron chi connectivity index (χ2n) is 2.11. The molecule has 1 aromatic rings. The lowest BCUT2D eigenvalue weighted by Crippen LogP contribution is -2.11. The summed E-state index contributed by atoms with van der Waals surface area (Å²) in [5.74, 6) is 0. The van der Waals surface area contributed by atoms with Crippen LogP contribution in [0.2, 0.25) is 0 Å². The maximum absolute atomic E-state index is 11.1. The van der Waals surface area contributed by atoms with E-state index >= 15 is 0 Å². The first-order valence-corrected chi connectivity index (χ1v) is 6.48. The third-order valence-electron chi connectivity index (χ3n) is 1.20. The van der Waals surface area contributed by atoms with Gasteiger partial charge in [-0.2, -0.15) is 13.6 Å². The third-order valence-corrected chi connectivity index (χ3v) is 4.40. The Bertz CT molecular complexity index is 387. The van der Waals surface area contributed by atoms with E-state index in [2.05, 4.69) is 0 Å². The highest BCUT2D eigenvalue weighted by Crippen LogP contribution is 2.24. The van der Waals surface area contributed by atoms with E-state index < -0.39 is 16.6 Å². The number of hydrogen-bond acceptors (Lipinski definition) is 3. The van der Waals surface area contributed by atoms with Gasteiger partial charge in [0.05, 0.1) is 0 Å². The summed E-state index contributed by atoms with van der Waals surface area (Å²) in [7, 11) is -6.46. The quantitative estimate of drug-likeness (QED) is 0.705. The smallest absolute Gasteiger partial charge is 0.188 e. The molecule has 4 nitrogen and oxygen atoms in total. The van der Waals surface area contributed by atoms with Gasteiger partial charge in [0.25, 0.3) is 0 Å². The standard InChI is InChI=1S/C6H7NO3PS/c7-12(9,10)11(8)6-4-2-1-3-5-6/h1-5H,(H2,7,9,10)/q+1. The molecule has 0 aromatic heterocycles. The van der Waals surface area contributed by atoms with E-state index in [4.69, 9.17) is 5.14 Å². The molecule has 0 fully saturated rings. The number of rotatable bonds is 2. The van der Waals surface area contributed by atoms with Crippen LogP contribution in [0.4, 0.5) is 0 Å². The molecule has 0 aliphatic heterocycles. The van der Waals surface area contributed by atoms with Crippen molar-refractivity contribution in [3.8, 4) is 0 Å². The Morgan fingerprint density at radius 2 is 1.67 bits per heavy atom. The highest BCUT2D eigenvalue weighted by molar-refractivity contribution is 8.46. The van der Waals surface area contributed by atoms with E-state index in [1.807, 2.05) is 0 Å². The number of hydrogen-bond donors (Lipinski definition) is 1. The molecule has 64 valence electrons. The molecule has 0 radical (unpaired) electrons. The van der Waals surface area contributed by atoms with Crippen LogP contribution in [0.15, 0.2) is 30.3 Å². The van der Waals surface area contributed by atoms with Crippen LogP contribution in [0.5, 0.6) is 0 Å². The van der Waals surface area contributed by atoms with Crippen LogP contribution in [-0.4, -0.2) is 8.42 Å². The first kappa shape index (κ1) is 9.32. The van der Waals surface area contributed by atoms with Gasteiger partial charge >= 0.3 is 16.6 Å². The molecular weight excluding hydrogens is 197 g/mol. The van der Waals surface area contributed by atoms with Gasteiger partial charge in [0.15, 0.2) is 0 Å². The summed E-state index contributed by atoms with van der Waals surface area (Å²) in [4.78, 5) is 0. The SMILES string of the molecule is NS(=O)(=O)[P+](=O)c1ccccc1. The van der Waals surface area contributed by atoms with Crippen molar-refractivity contribution in [2.45, 2.75) is 0 Å². The Morgan fingerprint density at radius 1 is 1.17 bits per heavy atom. The van der Waals surface area contributed by atoms with Crippen molar-refractivity contribution in [1.82, 2.24) is 0 Å². The average molecular weight is 204 g/mol. The Morgan fingerprint density at radius 3 is 2.08 bits per heavy atom. The molecule has 1 atom stereocenters. The van der Waals surface area contributed by atoms with Crippen LogP contribution >= 0.6 is 7.00 Å². The molecule has 12 heavy (non-hydrogen) atoms. The van der Waals surface area contributed by atoms with Crippen molar-refractivity contribution in [3.05, 3.63) is 30.3 Å². The molecule has 0 bridgehead atoms. The van der Waals surface area contributed by atoms with Gasteiger partial charge in [0.1, 0.15) is 0 Å². The molecular formula is C6H7NO3PS+. The second-order valence-corrected chi connectivity index (χ2v) is 6.69. The van der Waals surface area contributed by atoms with E-state index in [9.17, 15) is 13.0 Å². The van der Waals surface area contributed by atoms with E-state index in [1.54, 1.807) is 18.2 Å². The van der Waals surface area contributed by atoms with Crippen molar-refractivity contribution >= 4 is 22.0 Å². The van der Waals surface area contributed by atoms with Gasteiger partial charge in [0.2, 0.25) is 5.30 Å². The Hall–Kier alpha value is -0.770. The zero-order chi connectivity index (χ0) is 9.19. The van der Waals surface area contributed by atoms with Crippen LogP contribution < -0.4 is 10.4 Å². The van der Waals surface area contributed by atoms with Gasteiger partial charge in [-0.15, -0.1) is 0 Å². The predicted molar refractivity (Wildman–Crippen MR) is 46.8 cm³/mol. The lowest BCUT2D eigenvalue weighted by atomic mass is 10.4. The van der Waals surface area contributed by atoms with Crippen LogP contribution in [0.25, 0.3) is 0 Å². The molecule has 6 heteroatoms. The fourth-order valence-electron chi connectivity index (χ4n) is 0.697. The first-order valence-electron chi connectivity index (χ1n) is 3.07. The summed E-state index contributed by atoms with van der Waals surface area (Å²) in [6.45, 7) is 0. The Kier molecular flexibility index (Phi) is 2.57. The van der Waals surface area contributed by atoms with Gasteiger partial charge in [0, 0.05) is 0 Å². The van der Waals surface area contributed by atoms with Crippen molar-refractivity contribution in [2.24, 2.45) is 5.14 Å². The van der Waals surface area contributed by atoms with E-state index in [-0.39, 0.29) is 5.30 Å². The fraction of sp³-hybridized carbons (Fsp3) is 0. The van der Waals surface area contributed by atoms with Crippen LogP contribution in [0.1, 0.15) is 0 Å².